The number of allylic oxidation sites excluding steroid dienone is 4. The first-order chi connectivity index (χ1) is 20.5. The minimum absolute atomic E-state index is 0. The molecule has 0 nitrogen and oxygen atoms in total. The summed E-state index contributed by atoms with van der Waals surface area (Å²) in [5.41, 5.74) is 7.65. The van der Waals surface area contributed by atoms with Gasteiger partial charge in [0.05, 0.1) is 0 Å². The average Bonchev–Trinajstić information content (AvgIpc) is 3.50. The molecule has 5 aromatic carbocycles. The number of benzene rings is 4. The second-order valence-electron chi connectivity index (χ2n) is 15.3. The average molecular weight is 729 g/mol. The molecule has 3 heteroatoms. The summed E-state index contributed by atoms with van der Waals surface area (Å²) in [5.74, 6) is 0.518. The van der Waals surface area contributed by atoms with E-state index >= 15 is 0 Å². The molecular weight excluding hydrogens is 679 g/mol. The minimum atomic E-state index is 0. The Balaban J connectivity index is 0.000000253. The molecule has 242 valence electrons. The van der Waals surface area contributed by atoms with Gasteiger partial charge in [-0.3, -0.25) is 6.08 Å². The monoisotopic (exact) mass is 726 g/mol. The van der Waals surface area contributed by atoms with Gasteiger partial charge in [0.2, 0.25) is 0 Å². The van der Waals surface area contributed by atoms with Crippen molar-refractivity contribution in [1.82, 2.24) is 0 Å². The van der Waals surface area contributed by atoms with Crippen molar-refractivity contribution in [2.75, 3.05) is 0 Å². The van der Waals surface area contributed by atoms with Crippen molar-refractivity contribution in [3.05, 3.63) is 125 Å². The summed E-state index contributed by atoms with van der Waals surface area (Å²) in [6, 6.07) is 31.1. The maximum absolute atomic E-state index is 3.40. The second kappa shape index (κ2) is 15.8. The van der Waals surface area contributed by atoms with Gasteiger partial charge in [-0.25, -0.2) is 5.57 Å². The first kappa shape index (κ1) is 40.0. The summed E-state index contributed by atoms with van der Waals surface area (Å²) in [5, 5.41) is 8.17. The van der Waals surface area contributed by atoms with Crippen LogP contribution in [0.3, 0.4) is 0 Å². The van der Waals surface area contributed by atoms with Crippen molar-refractivity contribution in [2.45, 2.75) is 87.0 Å². The molecule has 1 atom stereocenters. The van der Waals surface area contributed by atoms with Crippen LogP contribution in [0.4, 0.5) is 0 Å². The topological polar surface area (TPSA) is 0 Å². The Bertz CT molecular complexity index is 1770. The zero-order valence-corrected chi connectivity index (χ0v) is 33.5. The standard InChI is InChI=1S/C21H25.C11H8.C11H17.2ClH.Zr/c1-20(2,3)16-9-7-14-11-15-8-10-17(21(4,5)6)13-19(15)18(14)12-16;1-9-5-4-7-10-6-2-3-8-11(9)10;1-8-6-9(2)10(7-8)11(3,4)5;;;/h7-13H,1-6H3;1-8H;7-8H,1-5H3;2*1H;/q-1;;-1;;;+2/p-2. The van der Waals surface area contributed by atoms with Gasteiger partial charge >= 0.3 is 86.7 Å². The van der Waals surface area contributed by atoms with Gasteiger partial charge in [0.15, 0.2) is 0 Å². The van der Waals surface area contributed by atoms with Crippen LogP contribution in [0.5, 0.6) is 0 Å². The molecule has 0 aliphatic heterocycles. The van der Waals surface area contributed by atoms with E-state index in [1.807, 2.05) is 0 Å². The Morgan fingerprint density at radius 3 is 1.57 bits per heavy atom. The normalized spacial score (nSPS) is 14.7. The van der Waals surface area contributed by atoms with Crippen LogP contribution in [0.1, 0.15) is 92.9 Å². The van der Waals surface area contributed by atoms with Crippen molar-refractivity contribution in [1.29, 1.82) is 0 Å². The first-order valence-electron chi connectivity index (χ1n) is 15.9. The molecule has 0 saturated heterocycles. The molecule has 0 N–H and O–H groups in total. The fourth-order valence-electron chi connectivity index (χ4n) is 5.96. The van der Waals surface area contributed by atoms with Gasteiger partial charge in [-0.2, -0.15) is 11.6 Å². The van der Waals surface area contributed by atoms with E-state index < -0.39 is 0 Å². The zero-order valence-electron chi connectivity index (χ0n) is 29.6. The molecule has 0 fully saturated rings. The Morgan fingerprint density at radius 1 is 0.652 bits per heavy atom. The quantitative estimate of drug-likeness (QED) is 0.180. The van der Waals surface area contributed by atoms with Crippen molar-refractivity contribution < 1.29 is 49.0 Å². The van der Waals surface area contributed by atoms with Crippen LogP contribution in [-0.4, -0.2) is 3.71 Å². The molecule has 6 rings (SSSR count). The third-order valence-corrected chi connectivity index (χ3v) is 9.26. The third kappa shape index (κ3) is 9.69. The van der Waals surface area contributed by atoms with Crippen molar-refractivity contribution in [3.63, 3.8) is 0 Å². The van der Waals surface area contributed by atoms with Crippen LogP contribution in [0.25, 0.3) is 32.3 Å². The van der Waals surface area contributed by atoms with Crippen LogP contribution < -0.4 is 24.8 Å². The second-order valence-corrected chi connectivity index (χ2v) is 16.1. The van der Waals surface area contributed by atoms with Crippen LogP contribution in [0, 0.1) is 17.4 Å². The van der Waals surface area contributed by atoms with Gasteiger partial charge in [-0.05, 0) is 10.8 Å². The Morgan fingerprint density at radius 2 is 1.15 bits per heavy atom. The molecule has 0 radical (unpaired) electrons. The van der Waals surface area contributed by atoms with Crippen molar-refractivity contribution >= 4 is 36.0 Å². The van der Waals surface area contributed by atoms with Crippen LogP contribution in [-0.2, 0) is 35.1 Å². The van der Waals surface area contributed by atoms with Crippen LogP contribution in [0.2, 0.25) is 0 Å². The van der Waals surface area contributed by atoms with E-state index in [0.717, 1.165) is 0 Å². The summed E-state index contributed by atoms with van der Waals surface area (Å²) in [4.78, 5) is 0. The maximum atomic E-state index is 3.40. The summed E-state index contributed by atoms with van der Waals surface area (Å²) < 4.78 is 2.23. The SMILES string of the molecule is CC(C)(C)c1ccc2[cH-]c3ccc(C(C)(C)C)cc3c2c1.CC1=[C-]C(C)C=C1C(C)(C)C.[Cl-].[Cl-].[Zr+2]=[CH]c1cccc2ccccc12. The molecule has 1 aliphatic rings. The Hall–Kier alpha value is -2.18. The van der Waals surface area contributed by atoms with E-state index in [1.54, 1.807) is 0 Å². The zero-order chi connectivity index (χ0) is 32.4. The molecule has 0 saturated carbocycles. The van der Waals surface area contributed by atoms with Gasteiger partial charge < -0.3 is 24.8 Å². The van der Waals surface area contributed by atoms with Gasteiger partial charge in [-0.15, -0.1) is 39.7 Å². The van der Waals surface area contributed by atoms with Gasteiger partial charge in [0, 0.05) is 0 Å². The fraction of sp³-hybridized carbons (Fsp3) is 0.349. The molecule has 0 aromatic heterocycles. The number of fused-ring (bicyclic) bond motifs is 4. The summed E-state index contributed by atoms with van der Waals surface area (Å²) in [6.07, 6.45) is 5.71. The summed E-state index contributed by atoms with van der Waals surface area (Å²) in [6.45, 7) is 24.8. The molecule has 0 bridgehead atoms. The number of halogens is 2. The van der Waals surface area contributed by atoms with Gasteiger partial charge in [-0.1, -0.05) is 123 Å². The van der Waals surface area contributed by atoms with Crippen molar-refractivity contribution in [3.8, 4) is 0 Å². The Kier molecular flexibility index (Phi) is 13.8. The van der Waals surface area contributed by atoms with E-state index in [9.17, 15) is 0 Å². The molecule has 1 unspecified atom stereocenters. The molecule has 5 aromatic rings. The van der Waals surface area contributed by atoms with E-state index in [1.165, 1.54) is 84.4 Å². The van der Waals surface area contributed by atoms with Crippen molar-refractivity contribution in [2.24, 2.45) is 11.3 Å². The van der Waals surface area contributed by atoms with E-state index in [2.05, 4.69) is 177 Å². The van der Waals surface area contributed by atoms with Crippen LogP contribution >= 0.6 is 0 Å². The van der Waals surface area contributed by atoms with E-state index in [-0.39, 0.29) is 35.6 Å². The Labute approximate surface area is 306 Å². The summed E-state index contributed by atoms with van der Waals surface area (Å²) >= 11 is 1.46. The predicted molar refractivity (Wildman–Crippen MR) is 193 cm³/mol. The van der Waals surface area contributed by atoms with E-state index in [0.29, 0.717) is 11.3 Å². The van der Waals surface area contributed by atoms with Gasteiger partial charge in [0.25, 0.3) is 0 Å². The van der Waals surface area contributed by atoms with Gasteiger partial charge in [0.1, 0.15) is 0 Å². The molecular formula is C43H50Cl2Zr-2. The molecule has 0 spiro atoms. The number of rotatable bonds is 1. The molecule has 46 heavy (non-hydrogen) atoms. The molecule has 0 heterocycles. The fourth-order valence-corrected chi connectivity index (χ4v) is 6.57. The third-order valence-electron chi connectivity index (χ3n) is 8.49. The molecule has 1 aliphatic carbocycles. The number of hydrogen-bond acceptors (Lipinski definition) is 0. The van der Waals surface area contributed by atoms with Crippen LogP contribution in [0.15, 0.2) is 102 Å². The van der Waals surface area contributed by atoms with E-state index in [4.69, 9.17) is 0 Å². The first-order valence-corrected chi connectivity index (χ1v) is 17.4. The predicted octanol–water partition coefficient (Wildman–Crippen LogP) is 6.21. The summed E-state index contributed by atoms with van der Waals surface area (Å²) in [7, 11) is 0. The molecule has 0 amide bonds. The number of hydrogen-bond donors (Lipinski definition) is 0.